The second-order valence-electron chi connectivity index (χ2n) is 3.56. The summed E-state index contributed by atoms with van der Waals surface area (Å²) in [6.07, 6.45) is 2.02. The molecule has 1 saturated heterocycles. The van der Waals surface area contributed by atoms with Gasteiger partial charge in [-0.25, -0.2) is 0 Å². The number of esters is 1. The molecule has 0 spiro atoms. The van der Waals surface area contributed by atoms with Crippen molar-refractivity contribution in [3.8, 4) is 0 Å². The predicted octanol–water partition coefficient (Wildman–Crippen LogP) is 0.660. The lowest BCUT2D eigenvalue weighted by molar-refractivity contribution is -0.145. The van der Waals surface area contributed by atoms with Gasteiger partial charge in [-0.05, 0) is 26.8 Å². The predicted molar refractivity (Wildman–Crippen MR) is 53.1 cm³/mol. The summed E-state index contributed by atoms with van der Waals surface area (Å²) in [5.74, 6) is -0.138. The van der Waals surface area contributed by atoms with Crippen LogP contribution >= 0.6 is 0 Å². The summed E-state index contributed by atoms with van der Waals surface area (Å²) in [5, 5.41) is 0. The topological polar surface area (TPSA) is 38.8 Å². The van der Waals surface area contributed by atoms with Crippen molar-refractivity contribution in [2.24, 2.45) is 0 Å². The van der Waals surface area contributed by atoms with Crippen molar-refractivity contribution >= 4 is 5.97 Å². The Morgan fingerprint density at radius 2 is 2.14 bits per heavy atom. The Bertz CT molecular complexity index is 178. The van der Waals surface area contributed by atoms with E-state index in [0.717, 1.165) is 26.1 Å². The van der Waals surface area contributed by atoms with Crippen LogP contribution in [0.2, 0.25) is 0 Å². The van der Waals surface area contributed by atoms with Gasteiger partial charge >= 0.3 is 5.97 Å². The van der Waals surface area contributed by atoms with Gasteiger partial charge in [0.2, 0.25) is 0 Å². The van der Waals surface area contributed by atoms with Gasteiger partial charge in [0.15, 0.2) is 0 Å². The average molecular weight is 201 g/mol. The third-order valence-corrected chi connectivity index (χ3v) is 2.50. The van der Waals surface area contributed by atoms with Crippen molar-refractivity contribution < 1.29 is 14.3 Å². The van der Waals surface area contributed by atoms with E-state index in [0.29, 0.717) is 19.2 Å². The highest BCUT2D eigenvalue weighted by Gasteiger charge is 2.20. The number of nitrogens with zero attached hydrogens (tertiary/aromatic N) is 1. The first-order chi connectivity index (χ1) is 6.74. The van der Waals surface area contributed by atoms with Gasteiger partial charge in [0.05, 0.1) is 13.2 Å². The number of hydrogen-bond acceptors (Lipinski definition) is 4. The molecule has 0 aromatic rings. The summed E-state index contributed by atoms with van der Waals surface area (Å²) < 4.78 is 10.2. The van der Waals surface area contributed by atoms with E-state index in [9.17, 15) is 4.79 Å². The van der Waals surface area contributed by atoms with Gasteiger partial charge in [-0.1, -0.05) is 0 Å². The zero-order valence-electron chi connectivity index (χ0n) is 8.99. The number of hydrogen-bond donors (Lipinski definition) is 0. The molecular formula is C10H19NO3. The molecule has 0 amide bonds. The molecule has 0 bridgehead atoms. The highest BCUT2D eigenvalue weighted by molar-refractivity contribution is 5.71. The molecule has 1 fully saturated rings. The Morgan fingerprint density at radius 3 is 2.71 bits per heavy atom. The van der Waals surface area contributed by atoms with Gasteiger partial charge < -0.3 is 9.47 Å². The van der Waals surface area contributed by atoms with Crippen LogP contribution in [0, 0.1) is 0 Å². The van der Waals surface area contributed by atoms with Crippen molar-refractivity contribution in [1.82, 2.24) is 4.90 Å². The molecule has 82 valence electrons. The summed E-state index contributed by atoms with van der Waals surface area (Å²) in [7, 11) is 1.97. The number of ether oxygens (including phenoxy) is 2. The quantitative estimate of drug-likeness (QED) is 0.626. The molecule has 14 heavy (non-hydrogen) atoms. The van der Waals surface area contributed by atoms with Crippen LogP contribution in [0.1, 0.15) is 19.8 Å². The van der Waals surface area contributed by atoms with Gasteiger partial charge in [-0.15, -0.1) is 0 Å². The first-order valence-electron chi connectivity index (χ1n) is 5.17. The molecule has 1 aliphatic rings. The summed E-state index contributed by atoms with van der Waals surface area (Å²) in [5.41, 5.74) is 0. The van der Waals surface area contributed by atoms with Gasteiger partial charge in [-0.2, -0.15) is 0 Å². The van der Waals surface area contributed by atoms with Crippen molar-refractivity contribution in [1.29, 1.82) is 0 Å². The smallest absolute Gasteiger partial charge is 0.320 e. The fourth-order valence-electron chi connectivity index (χ4n) is 1.67. The van der Waals surface area contributed by atoms with Gasteiger partial charge in [0.1, 0.15) is 0 Å². The molecule has 0 unspecified atom stereocenters. The monoisotopic (exact) mass is 201 g/mol. The van der Waals surface area contributed by atoms with Crippen LogP contribution in [0.3, 0.4) is 0 Å². The molecule has 0 aromatic heterocycles. The van der Waals surface area contributed by atoms with E-state index in [2.05, 4.69) is 4.90 Å². The van der Waals surface area contributed by atoms with E-state index >= 15 is 0 Å². The fraction of sp³-hybridized carbons (Fsp3) is 0.900. The van der Waals surface area contributed by atoms with Crippen molar-refractivity contribution in [3.63, 3.8) is 0 Å². The Kier molecular flexibility index (Phi) is 4.90. The Labute approximate surface area is 85.2 Å². The molecule has 0 atom stereocenters. The molecule has 0 radical (unpaired) electrons. The summed E-state index contributed by atoms with van der Waals surface area (Å²) in [4.78, 5) is 13.3. The first-order valence-corrected chi connectivity index (χ1v) is 5.17. The highest BCUT2D eigenvalue weighted by atomic mass is 16.5. The normalized spacial score (nSPS) is 18.5. The third-order valence-electron chi connectivity index (χ3n) is 2.50. The third kappa shape index (κ3) is 3.64. The van der Waals surface area contributed by atoms with Crippen molar-refractivity contribution in [2.45, 2.75) is 25.8 Å². The minimum Gasteiger partial charge on any atom is -0.465 e. The number of rotatable bonds is 4. The van der Waals surface area contributed by atoms with Crippen LogP contribution in [-0.4, -0.2) is 50.3 Å². The van der Waals surface area contributed by atoms with Gasteiger partial charge in [0.25, 0.3) is 0 Å². The van der Waals surface area contributed by atoms with E-state index in [-0.39, 0.29) is 5.97 Å². The van der Waals surface area contributed by atoms with Crippen molar-refractivity contribution in [2.75, 3.05) is 33.4 Å². The van der Waals surface area contributed by atoms with Crippen LogP contribution in [0.4, 0.5) is 0 Å². The first kappa shape index (κ1) is 11.5. The maximum Gasteiger partial charge on any atom is 0.320 e. The molecule has 0 aliphatic carbocycles. The zero-order valence-corrected chi connectivity index (χ0v) is 8.99. The molecule has 0 aromatic carbocycles. The standard InChI is InChI=1S/C10H19NO3/c1-3-14-10(12)8-11(2)9-4-6-13-7-5-9/h9H,3-8H2,1-2H3. The second-order valence-corrected chi connectivity index (χ2v) is 3.56. The highest BCUT2D eigenvalue weighted by Crippen LogP contribution is 2.12. The van der Waals surface area contributed by atoms with Crippen LogP contribution in [0.25, 0.3) is 0 Å². The lowest BCUT2D eigenvalue weighted by atomic mass is 10.1. The minimum absolute atomic E-state index is 0.138. The maximum atomic E-state index is 11.2. The molecule has 4 heteroatoms. The van der Waals surface area contributed by atoms with E-state index in [1.807, 2.05) is 14.0 Å². The molecule has 4 nitrogen and oxygen atoms in total. The summed E-state index contributed by atoms with van der Waals surface area (Å²) >= 11 is 0. The fourth-order valence-corrected chi connectivity index (χ4v) is 1.67. The SMILES string of the molecule is CCOC(=O)CN(C)C1CCOCC1. The summed E-state index contributed by atoms with van der Waals surface area (Å²) in [6.45, 7) is 4.28. The van der Waals surface area contributed by atoms with Crippen LogP contribution in [0.15, 0.2) is 0 Å². The van der Waals surface area contributed by atoms with E-state index in [1.54, 1.807) is 0 Å². The second kappa shape index (κ2) is 5.98. The van der Waals surface area contributed by atoms with Gasteiger partial charge in [-0.3, -0.25) is 9.69 Å². The lowest BCUT2D eigenvalue weighted by Gasteiger charge is -2.30. The van der Waals surface area contributed by atoms with Crippen LogP contribution in [-0.2, 0) is 14.3 Å². The summed E-state index contributed by atoms with van der Waals surface area (Å²) in [6, 6.07) is 0.466. The number of carbonyl (C=O) groups is 1. The minimum atomic E-state index is -0.138. The molecule has 0 N–H and O–H groups in total. The Morgan fingerprint density at radius 1 is 1.50 bits per heavy atom. The van der Waals surface area contributed by atoms with Gasteiger partial charge in [0, 0.05) is 19.3 Å². The van der Waals surface area contributed by atoms with E-state index in [4.69, 9.17) is 9.47 Å². The molecule has 0 saturated carbocycles. The Hall–Kier alpha value is -0.610. The van der Waals surface area contributed by atoms with E-state index in [1.165, 1.54) is 0 Å². The molecule has 1 aliphatic heterocycles. The average Bonchev–Trinajstić information content (AvgIpc) is 2.19. The maximum absolute atomic E-state index is 11.2. The largest absolute Gasteiger partial charge is 0.465 e. The molecule has 1 rings (SSSR count). The van der Waals surface area contributed by atoms with Crippen molar-refractivity contribution in [3.05, 3.63) is 0 Å². The Balaban J connectivity index is 2.25. The molecule has 1 heterocycles. The lowest BCUT2D eigenvalue weighted by Crippen LogP contribution is -2.40. The number of likely N-dealkylation sites (N-methyl/N-ethyl adjacent to an activating group) is 1. The zero-order chi connectivity index (χ0) is 10.4. The number of carbonyl (C=O) groups excluding carboxylic acids is 1. The molecular weight excluding hydrogens is 182 g/mol. The van der Waals surface area contributed by atoms with Crippen LogP contribution in [0.5, 0.6) is 0 Å². The van der Waals surface area contributed by atoms with E-state index < -0.39 is 0 Å². The van der Waals surface area contributed by atoms with Crippen LogP contribution < -0.4 is 0 Å².